The highest BCUT2D eigenvalue weighted by molar-refractivity contribution is 6.41. The number of benzene rings is 1. The molecule has 0 bridgehead atoms. The summed E-state index contributed by atoms with van der Waals surface area (Å²) in [5.74, 6) is 0. The molecule has 94 valence electrons. The Morgan fingerprint density at radius 1 is 1.22 bits per heavy atom. The standard InChI is InChI=1S/C12H10Cl3N3/c1-18-4-2-3-9(18)7-16-17-12-10(14)5-8(13)6-11(12)15/h2-7,17H,1H3/b16-7-. The summed E-state index contributed by atoms with van der Waals surface area (Å²) in [6.07, 6.45) is 3.62. The molecule has 6 heteroatoms. The molecule has 0 saturated carbocycles. The molecule has 0 saturated heterocycles. The Morgan fingerprint density at radius 2 is 1.89 bits per heavy atom. The summed E-state index contributed by atoms with van der Waals surface area (Å²) in [5.41, 5.74) is 4.30. The third-order valence-electron chi connectivity index (χ3n) is 2.36. The topological polar surface area (TPSA) is 29.3 Å². The van der Waals surface area contributed by atoms with E-state index in [0.717, 1.165) is 5.69 Å². The van der Waals surface area contributed by atoms with E-state index in [9.17, 15) is 0 Å². The van der Waals surface area contributed by atoms with Gasteiger partial charge in [-0.2, -0.15) is 5.10 Å². The Bertz CT molecular complexity index is 567. The zero-order valence-corrected chi connectivity index (χ0v) is 11.8. The number of hydrogen-bond acceptors (Lipinski definition) is 2. The van der Waals surface area contributed by atoms with E-state index in [1.54, 1.807) is 18.3 Å². The highest BCUT2D eigenvalue weighted by atomic mass is 35.5. The highest BCUT2D eigenvalue weighted by Gasteiger charge is 2.06. The van der Waals surface area contributed by atoms with Gasteiger partial charge in [-0.3, -0.25) is 5.43 Å². The lowest BCUT2D eigenvalue weighted by molar-refractivity contribution is 0.918. The first kappa shape index (κ1) is 13.3. The lowest BCUT2D eigenvalue weighted by Gasteiger charge is -2.06. The quantitative estimate of drug-likeness (QED) is 0.659. The average Bonchev–Trinajstić information content (AvgIpc) is 2.68. The van der Waals surface area contributed by atoms with Crippen LogP contribution in [0.1, 0.15) is 5.69 Å². The molecule has 0 spiro atoms. The predicted octanol–water partition coefficient (Wildman–Crippen LogP) is 4.43. The molecule has 0 aliphatic heterocycles. The van der Waals surface area contributed by atoms with Gasteiger partial charge in [0.25, 0.3) is 0 Å². The van der Waals surface area contributed by atoms with E-state index in [2.05, 4.69) is 10.5 Å². The number of aryl methyl sites for hydroxylation is 1. The Morgan fingerprint density at radius 3 is 2.44 bits per heavy atom. The molecule has 3 nitrogen and oxygen atoms in total. The van der Waals surface area contributed by atoms with Gasteiger partial charge in [0.1, 0.15) is 0 Å². The van der Waals surface area contributed by atoms with Gasteiger partial charge in [0, 0.05) is 18.3 Å². The maximum atomic E-state index is 6.02. The van der Waals surface area contributed by atoms with Crippen LogP contribution in [0.2, 0.25) is 15.1 Å². The molecule has 1 aromatic carbocycles. The molecule has 0 aliphatic rings. The van der Waals surface area contributed by atoms with Gasteiger partial charge in [0.05, 0.1) is 27.6 Å². The summed E-state index contributed by atoms with van der Waals surface area (Å²) in [4.78, 5) is 0. The molecule has 0 atom stereocenters. The van der Waals surface area contributed by atoms with Crippen molar-refractivity contribution in [3.8, 4) is 0 Å². The van der Waals surface area contributed by atoms with Gasteiger partial charge in [0.15, 0.2) is 0 Å². The van der Waals surface area contributed by atoms with Crippen molar-refractivity contribution in [3.63, 3.8) is 0 Å². The molecule has 0 amide bonds. The largest absolute Gasteiger partial charge is 0.350 e. The van der Waals surface area contributed by atoms with Gasteiger partial charge in [-0.25, -0.2) is 0 Å². The fraction of sp³-hybridized carbons (Fsp3) is 0.0833. The van der Waals surface area contributed by atoms with Crippen molar-refractivity contribution >= 4 is 46.7 Å². The normalized spacial score (nSPS) is 11.1. The summed E-state index contributed by atoms with van der Waals surface area (Å²) in [5, 5.41) is 5.43. The maximum Gasteiger partial charge on any atom is 0.0935 e. The summed E-state index contributed by atoms with van der Waals surface area (Å²) >= 11 is 17.9. The Balaban J connectivity index is 2.16. The monoisotopic (exact) mass is 301 g/mol. The van der Waals surface area contributed by atoms with Crippen molar-refractivity contribution in [2.75, 3.05) is 5.43 Å². The smallest absolute Gasteiger partial charge is 0.0935 e. The molecule has 1 heterocycles. The summed E-state index contributed by atoms with van der Waals surface area (Å²) in [6, 6.07) is 7.09. The van der Waals surface area contributed by atoms with Gasteiger partial charge in [-0.05, 0) is 24.3 Å². The van der Waals surface area contributed by atoms with Crippen molar-refractivity contribution in [2.45, 2.75) is 0 Å². The summed E-state index contributed by atoms with van der Waals surface area (Å²) in [7, 11) is 1.93. The molecule has 0 unspecified atom stereocenters. The van der Waals surface area contributed by atoms with E-state index in [0.29, 0.717) is 20.8 Å². The highest BCUT2D eigenvalue weighted by Crippen LogP contribution is 2.33. The number of anilines is 1. The zero-order chi connectivity index (χ0) is 13.1. The molecule has 1 N–H and O–H groups in total. The molecule has 0 aliphatic carbocycles. The van der Waals surface area contributed by atoms with E-state index in [-0.39, 0.29) is 0 Å². The Hall–Kier alpha value is -1.16. The Labute approximate surface area is 120 Å². The van der Waals surface area contributed by atoms with Gasteiger partial charge in [-0.1, -0.05) is 34.8 Å². The number of rotatable bonds is 3. The molecule has 0 radical (unpaired) electrons. The van der Waals surface area contributed by atoms with Crippen molar-refractivity contribution in [1.82, 2.24) is 4.57 Å². The van der Waals surface area contributed by atoms with Crippen LogP contribution in [0.3, 0.4) is 0 Å². The molecule has 0 fully saturated rings. The maximum absolute atomic E-state index is 6.02. The van der Waals surface area contributed by atoms with Crippen LogP contribution in [0, 0.1) is 0 Å². The second-order valence-corrected chi connectivity index (χ2v) is 4.91. The molecule has 1 aromatic heterocycles. The fourth-order valence-electron chi connectivity index (χ4n) is 1.42. The van der Waals surface area contributed by atoms with Gasteiger partial charge >= 0.3 is 0 Å². The van der Waals surface area contributed by atoms with Crippen LogP contribution in [-0.4, -0.2) is 10.8 Å². The van der Waals surface area contributed by atoms with Gasteiger partial charge < -0.3 is 4.57 Å². The first-order chi connectivity index (χ1) is 8.58. The third kappa shape index (κ3) is 2.99. The minimum Gasteiger partial charge on any atom is -0.350 e. The number of hydrazone groups is 1. The number of hydrogen-bond donors (Lipinski definition) is 1. The molecular formula is C12H10Cl3N3. The number of nitrogens with zero attached hydrogens (tertiary/aromatic N) is 2. The van der Waals surface area contributed by atoms with E-state index in [1.165, 1.54) is 0 Å². The van der Waals surface area contributed by atoms with Crippen molar-refractivity contribution in [1.29, 1.82) is 0 Å². The van der Waals surface area contributed by atoms with Crippen LogP contribution < -0.4 is 5.43 Å². The molecule has 2 rings (SSSR count). The van der Waals surface area contributed by atoms with Gasteiger partial charge in [-0.15, -0.1) is 0 Å². The first-order valence-electron chi connectivity index (χ1n) is 5.13. The Kier molecular flexibility index (Phi) is 4.17. The predicted molar refractivity (Wildman–Crippen MR) is 78.1 cm³/mol. The summed E-state index contributed by atoms with van der Waals surface area (Å²) in [6.45, 7) is 0. The van der Waals surface area contributed by atoms with E-state index in [4.69, 9.17) is 34.8 Å². The van der Waals surface area contributed by atoms with Crippen LogP contribution in [0.4, 0.5) is 5.69 Å². The molecular weight excluding hydrogens is 293 g/mol. The lowest BCUT2D eigenvalue weighted by Crippen LogP contribution is -1.96. The van der Waals surface area contributed by atoms with E-state index < -0.39 is 0 Å². The number of nitrogens with one attached hydrogen (secondary N) is 1. The average molecular weight is 303 g/mol. The lowest BCUT2D eigenvalue weighted by atomic mass is 10.3. The van der Waals surface area contributed by atoms with Crippen molar-refractivity contribution in [2.24, 2.45) is 12.1 Å². The number of aromatic nitrogens is 1. The van der Waals surface area contributed by atoms with E-state index >= 15 is 0 Å². The van der Waals surface area contributed by atoms with Crippen LogP contribution in [0.5, 0.6) is 0 Å². The molecule has 18 heavy (non-hydrogen) atoms. The van der Waals surface area contributed by atoms with Crippen LogP contribution >= 0.6 is 34.8 Å². The van der Waals surface area contributed by atoms with Gasteiger partial charge in [0.2, 0.25) is 0 Å². The molecule has 2 aromatic rings. The number of halogens is 3. The fourth-order valence-corrected chi connectivity index (χ4v) is 2.32. The zero-order valence-electron chi connectivity index (χ0n) is 9.49. The van der Waals surface area contributed by atoms with Crippen molar-refractivity contribution in [3.05, 3.63) is 51.2 Å². The minimum atomic E-state index is 0.427. The second-order valence-electron chi connectivity index (χ2n) is 3.66. The van der Waals surface area contributed by atoms with Crippen LogP contribution in [-0.2, 0) is 7.05 Å². The van der Waals surface area contributed by atoms with Crippen LogP contribution in [0.15, 0.2) is 35.6 Å². The minimum absolute atomic E-state index is 0.427. The third-order valence-corrected chi connectivity index (χ3v) is 3.18. The first-order valence-corrected chi connectivity index (χ1v) is 6.26. The van der Waals surface area contributed by atoms with Crippen LogP contribution in [0.25, 0.3) is 0 Å². The van der Waals surface area contributed by atoms with Crippen molar-refractivity contribution < 1.29 is 0 Å². The SMILES string of the molecule is Cn1cccc1/C=N\Nc1c(Cl)cc(Cl)cc1Cl. The van der Waals surface area contributed by atoms with E-state index in [1.807, 2.05) is 29.9 Å². The summed E-state index contributed by atoms with van der Waals surface area (Å²) < 4.78 is 1.94. The second kappa shape index (κ2) is 5.65.